The van der Waals surface area contributed by atoms with Crippen LogP contribution in [0.15, 0.2) is 18.2 Å². The van der Waals surface area contributed by atoms with Gasteiger partial charge in [0.05, 0.1) is 7.11 Å². The highest BCUT2D eigenvalue weighted by Gasteiger charge is 2.38. The zero-order valence-electron chi connectivity index (χ0n) is 9.25. The van der Waals surface area contributed by atoms with Gasteiger partial charge >= 0.3 is 6.18 Å². The van der Waals surface area contributed by atoms with E-state index in [1.807, 2.05) is 0 Å². The van der Waals surface area contributed by atoms with Gasteiger partial charge in [0.25, 0.3) is 0 Å². The summed E-state index contributed by atoms with van der Waals surface area (Å²) in [5, 5.41) is 0. The average molecular weight is 248 g/mol. The summed E-state index contributed by atoms with van der Waals surface area (Å²) < 4.78 is 46.5. The summed E-state index contributed by atoms with van der Waals surface area (Å²) in [5.74, 6) is 0.0358. The average Bonchev–Trinajstić information content (AvgIpc) is 2.27. The van der Waals surface area contributed by atoms with Crippen LogP contribution < -0.4 is 9.47 Å². The lowest BCUT2D eigenvalue weighted by Gasteiger charge is -2.19. The molecule has 0 spiro atoms. The predicted molar refractivity (Wildman–Crippen MR) is 54.5 cm³/mol. The van der Waals surface area contributed by atoms with E-state index in [-0.39, 0.29) is 17.1 Å². The first-order valence-electron chi connectivity index (χ1n) is 4.75. The first-order chi connectivity index (χ1) is 7.88. The van der Waals surface area contributed by atoms with Crippen molar-refractivity contribution in [1.82, 2.24) is 0 Å². The number of hydrogen-bond acceptors (Lipinski definition) is 3. The number of hydrogen-bond donors (Lipinski definition) is 0. The van der Waals surface area contributed by atoms with Gasteiger partial charge in [0, 0.05) is 5.56 Å². The Morgan fingerprint density at radius 3 is 2.41 bits per heavy atom. The topological polar surface area (TPSA) is 35.5 Å². The maximum absolute atomic E-state index is 12.3. The highest BCUT2D eigenvalue weighted by atomic mass is 19.4. The minimum Gasteiger partial charge on any atom is -0.493 e. The summed E-state index contributed by atoms with van der Waals surface area (Å²) in [4.78, 5) is 10.5. The van der Waals surface area contributed by atoms with Crippen LogP contribution in [-0.2, 0) is 0 Å². The Kier molecular flexibility index (Phi) is 3.98. The quantitative estimate of drug-likeness (QED) is 0.768. The standard InChI is InChI=1S/C11H11F3O3/c1-7(11(12,13)14)17-10-5-8(6-15)3-4-9(10)16-2/h3-7H,1-2H3. The second-order valence-corrected chi connectivity index (χ2v) is 3.33. The molecule has 0 saturated carbocycles. The molecule has 0 N–H and O–H groups in total. The molecule has 94 valence electrons. The number of aldehydes is 1. The molecule has 0 saturated heterocycles. The molecule has 0 aliphatic rings. The number of alkyl halides is 3. The molecule has 1 atom stereocenters. The summed E-state index contributed by atoms with van der Waals surface area (Å²) in [5.41, 5.74) is 0.218. The van der Waals surface area contributed by atoms with E-state index in [1.54, 1.807) is 0 Å². The van der Waals surface area contributed by atoms with Gasteiger partial charge < -0.3 is 9.47 Å². The molecular weight excluding hydrogens is 237 g/mol. The fourth-order valence-corrected chi connectivity index (χ4v) is 1.12. The maximum atomic E-state index is 12.3. The van der Waals surface area contributed by atoms with Gasteiger partial charge in [-0.3, -0.25) is 4.79 Å². The molecule has 0 amide bonds. The van der Waals surface area contributed by atoms with Gasteiger partial charge in [0.1, 0.15) is 6.29 Å². The van der Waals surface area contributed by atoms with Crippen LogP contribution in [0.3, 0.4) is 0 Å². The molecule has 0 aromatic heterocycles. The largest absolute Gasteiger partial charge is 0.493 e. The van der Waals surface area contributed by atoms with Gasteiger partial charge in [0.15, 0.2) is 17.6 Å². The Labute approximate surface area is 96.1 Å². The molecule has 1 rings (SSSR count). The highest BCUT2D eigenvalue weighted by molar-refractivity contribution is 5.76. The summed E-state index contributed by atoms with van der Waals surface area (Å²) in [6, 6.07) is 4.01. The van der Waals surface area contributed by atoms with Gasteiger partial charge in [-0.15, -0.1) is 0 Å². The van der Waals surface area contributed by atoms with E-state index < -0.39 is 12.3 Å². The lowest BCUT2D eigenvalue weighted by Crippen LogP contribution is -2.31. The van der Waals surface area contributed by atoms with E-state index in [4.69, 9.17) is 9.47 Å². The Morgan fingerprint density at radius 2 is 1.94 bits per heavy atom. The lowest BCUT2D eigenvalue weighted by atomic mass is 10.2. The summed E-state index contributed by atoms with van der Waals surface area (Å²) in [6.45, 7) is 0.882. The van der Waals surface area contributed by atoms with E-state index in [2.05, 4.69) is 0 Å². The summed E-state index contributed by atoms with van der Waals surface area (Å²) >= 11 is 0. The van der Waals surface area contributed by atoms with Gasteiger partial charge in [-0.05, 0) is 25.1 Å². The van der Waals surface area contributed by atoms with Crippen molar-refractivity contribution in [1.29, 1.82) is 0 Å². The Morgan fingerprint density at radius 1 is 1.29 bits per heavy atom. The highest BCUT2D eigenvalue weighted by Crippen LogP contribution is 2.32. The fraction of sp³-hybridized carbons (Fsp3) is 0.364. The number of halogens is 3. The Balaban J connectivity index is 2.99. The minimum atomic E-state index is -4.47. The van der Waals surface area contributed by atoms with Crippen LogP contribution in [0.1, 0.15) is 17.3 Å². The van der Waals surface area contributed by atoms with Crippen molar-refractivity contribution in [2.45, 2.75) is 19.2 Å². The second-order valence-electron chi connectivity index (χ2n) is 3.33. The minimum absolute atomic E-state index is 0.109. The maximum Gasteiger partial charge on any atom is 0.425 e. The van der Waals surface area contributed by atoms with Crippen molar-refractivity contribution in [2.75, 3.05) is 7.11 Å². The van der Waals surface area contributed by atoms with Gasteiger partial charge in [0.2, 0.25) is 0 Å². The van der Waals surface area contributed by atoms with Crippen LogP contribution in [0.2, 0.25) is 0 Å². The zero-order chi connectivity index (χ0) is 13.1. The molecule has 17 heavy (non-hydrogen) atoms. The van der Waals surface area contributed by atoms with Crippen LogP contribution in [0.25, 0.3) is 0 Å². The lowest BCUT2D eigenvalue weighted by molar-refractivity contribution is -0.189. The van der Waals surface area contributed by atoms with E-state index in [0.717, 1.165) is 6.92 Å². The van der Waals surface area contributed by atoms with Gasteiger partial charge in [-0.25, -0.2) is 0 Å². The summed E-state index contributed by atoms with van der Waals surface area (Å²) in [6.07, 6.45) is -5.93. The first kappa shape index (κ1) is 13.3. The van der Waals surface area contributed by atoms with Crippen LogP contribution in [0, 0.1) is 0 Å². The van der Waals surface area contributed by atoms with Crippen LogP contribution in [-0.4, -0.2) is 25.7 Å². The van der Waals surface area contributed by atoms with Crippen molar-refractivity contribution in [3.05, 3.63) is 23.8 Å². The molecule has 0 aliphatic carbocycles. The zero-order valence-corrected chi connectivity index (χ0v) is 9.25. The normalized spacial score (nSPS) is 13.0. The van der Waals surface area contributed by atoms with Crippen molar-refractivity contribution in [3.8, 4) is 11.5 Å². The number of rotatable bonds is 4. The molecule has 3 nitrogen and oxygen atoms in total. The predicted octanol–water partition coefficient (Wildman–Crippen LogP) is 2.84. The van der Waals surface area contributed by atoms with Crippen LogP contribution in [0.4, 0.5) is 13.2 Å². The number of carbonyl (C=O) groups excluding carboxylic acids is 1. The molecule has 0 heterocycles. The molecule has 0 aliphatic heterocycles. The smallest absolute Gasteiger partial charge is 0.425 e. The molecule has 0 fully saturated rings. The molecule has 0 radical (unpaired) electrons. The van der Waals surface area contributed by atoms with E-state index in [0.29, 0.717) is 6.29 Å². The van der Waals surface area contributed by atoms with Gasteiger partial charge in [-0.1, -0.05) is 0 Å². The molecule has 1 aromatic carbocycles. The molecule has 1 aromatic rings. The number of carbonyl (C=O) groups is 1. The molecule has 6 heteroatoms. The third-order valence-electron chi connectivity index (χ3n) is 2.09. The third-order valence-corrected chi connectivity index (χ3v) is 2.09. The molecule has 0 bridgehead atoms. The number of ether oxygens (including phenoxy) is 2. The first-order valence-corrected chi connectivity index (χ1v) is 4.75. The molecule has 1 unspecified atom stereocenters. The monoisotopic (exact) mass is 248 g/mol. The SMILES string of the molecule is COc1ccc(C=O)cc1OC(C)C(F)(F)F. The summed E-state index contributed by atoms with van der Waals surface area (Å²) in [7, 11) is 1.31. The number of benzene rings is 1. The van der Waals surface area contributed by atoms with E-state index in [9.17, 15) is 18.0 Å². The fourth-order valence-electron chi connectivity index (χ4n) is 1.12. The van der Waals surface area contributed by atoms with Crippen molar-refractivity contribution in [2.24, 2.45) is 0 Å². The van der Waals surface area contributed by atoms with E-state index in [1.165, 1.54) is 25.3 Å². The second kappa shape index (κ2) is 5.07. The third kappa shape index (κ3) is 3.37. The van der Waals surface area contributed by atoms with Crippen molar-refractivity contribution >= 4 is 6.29 Å². The number of methoxy groups -OCH3 is 1. The van der Waals surface area contributed by atoms with E-state index >= 15 is 0 Å². The Hall–Kier alpha value is -1.72. The van der Waals surface area contributed by atoms with Crippen molar-refractivity contribution < 1.29 is 27.4 Å². The van der Waals surface area contributed by atoms with Crippen LogP contribution >= 0.6 is 0 Å². The van der Waals surface area contributed by atoms with Crippen LogP contribution in [0.5, 0.6) is 11.5 Å². The Bertz CT molecular complexity index is 401. The molecular formula is C11H11F3O3. The van der Waals surface area contributed by atoms with Crippen molar-refractivity contribution in [3.63, 3.8) is 0 Å². The van der Waals surface area contributed by atoms with Gasteiger partial charge in [-0.2, -0.15) is 13.2 Å².